The molecule has 2 aromatic carbocycles. The molecule has 1 amide bonds. The molecule has 1 aliphatic heterocycles. The van der Waals surface area contributed by atoms with E-state index in [1.807, 2.05) is 35.2 Å². The summed E-state index contributed by atoms with van der Waals surface area (Å²) >= 11 is 0. The van der Waals surface area contributed by atoms with Crippen molar-refractivity contribution in [2.45, 2.75) is 12.8 Å². The third-order valence-corrected chi connectivity index (χ3v) is 4.27. The largest absolute Gasteiger partial charge is 0.493 e. The second kappa shape index (κ2) is 8.21. The number of ether oxygens (including phenoxy) is 2. The molecule has 0 spiro atoms. The van der Waals surface area contributed by atoms with Crippen LogP contribution in [-0.2, 0) is 11.2 Å². The fourth-order valence-corrected chi connectivity index (χ4v) is 3.04. The molecule has 26 heavy (non-hydrogen) atoms. The number of amides is 1. The molecule has 2 aromatic rings. The summed E-state index contributed by atoms with van der Waals surface area (Å²) in [7, 11) is 1.54. The summed E-state index contributed by atoms with van der Waals surface area (Å²) < 4.78 is 10.6. The lowest BCUT2D eigenvalue weighted by Crippen LogP contribution is -2.34. The van der Waals surface area contributed by atoms with Crippen LogP contribution in [0.1, 0.15) is 17.5 Å². The van der Waals surface area contributed by atoms with Gasteiger partial charge in [-0.25, -0.2) is 0 Å². The van der Waals surface area contributed by atoms with Gasteiger partial charge >= 0.3 is 0 Å². The first-order valence-corrected chi connectivity index (χ1v) is 8.48. The van der Waals surface area contributed by atoms with Crippen LogP contribution < -0.4 is 14.4 Å². The lowest BCUT2D eigenvalue weighted by Gasteiger charge is -2.28. The first-order valence-electron chi connectivity index (χ1n) is 8.48. The summed E-state index contributed by atoms with van der Waals surface area (Å²) in [5, 5.41) is 8.62. The van der Waals surface area contributed by atoms with Crippen LogP contribution in [0.4, 0.5) is 5.69 Å². The van der Waals surface area contributed by atoms with E-state index in [0.29, 0.717) is 11.5 Å². The second-order valence-electron chi connectivity index (χ2n) is 5.91. The number of fused-ring (bicyclic) bond motifs is 1. The smallest absolute Gasteiger partial charge is 0.250 e. The maximum absolute atomic E-state index is 12.6. The van der Waals surface area contributed by atoms with Crippen LogP contribution in [0.2, 0.25) is 0 Å². The van der Waals surface area contributed by atoms with Crippen LogP contribution in [-0.4, -0.2) is 26.2 Å². The third-order valence-electron chi connectivity index (χ3n) is 4.27. The molecule has 0 atom stereocenters. The van der Waals surface area contributed by atoms with Gasteiger partial charge in [0.15, 0.2) is 18.1 Å². The standard InChI is InChI=1S/C21H20N2O3/c1-25-20-15-16(8-10-19(20)26-14-12-22)9-11-21(24)23-13-4-6-17-5-2-3-7-18(17)23/h2-3,5,7-11,15H,4,6,13-14H2,1H3/b11-9+. The fourth-order valence-electron chi connectivity index (χ4n) is 3.04. The number of rotatable bonds is 5. The Morgan fingerprint density at radius 2 is 2.12 bits per heavy atom. The number of para-hydroxylation sites is 1. The number of nitrogens with zero attached hydrogens (tertiary/aromatic N) is 2. The summed E-state index contributed by atoms with van der Waals surface area (Å²) in [5.41, 5.74) is 3.03. The van der Waals surface area contributed by atoms with E-state index in [9.17, 15) is 4.79 Å². The molecular weight excluding hydrogens is 328 g/mol. The van der Waals surface area contributed by atoms with E-state index in [-0.39, 0.29) is 12.5 Å². The Kier molecular flexibility index (Phi) is 5.55. The summed E-state index contributed by atoms with van der Waals surface area (Å²) in [5.74, 6) is 0.988. The molecule has 0 bridgehead atoms. The fraction of sp³-hybridized carbons (Fsp3) is 0.238. The SMILES string of the molecule is COc1cc(/C=C/C(=O)N2CCCc3ccccc32)ccc1OCC#N. The van der Waals surface area contributed by atoms with Gasteiger partial charge in [-0.3, -0.25) is 4.79 Å². The van der Waals surface area contributed by atoms with E-state index in [4.69, 9.17) is 14.7 Å². The zero-order valence-corrected chi connectivity index (χ0v) is 14.6. The average Bonchev–Trinajstić information content (AvgIpc) is 2.70. The van der Waals surface area contributed by atoms with Crippen LogP contribution in [0, 0.1) is 11.3 Å². The molecular formula is C21H20N2O3. The molecule has 0 saturated carbocycles. The zero-order chi connectivity index (χ0) is 18.4. The number of nitriles is 1. The molecule has 3 rings (SSSR count). The third kappa shape index (κ3) is 3.86. The van der Waals surface area contributed by atoms with Crippen LogP contribution >= 0.6 is 0 Å². The van der Waals surface area contributed by atoms with Gasteiger partial charge < -0.3 is 14.4 Å². The summed E-state index contributed by atoms with van der Waals surface area (Å²) in [6.45, 7) is 0.683. The van der Waals surface area contributed by atoms with Crippen molar-refractivity contribution in [2.24, 2.45) is 0 Å². The zero-order valence-electron chi connectivity index (χ0n) is 14.6. The van der Waals surface area contributed by atoms with Crippen LogP contribution in [0.5, 0.6) is 11.5 Å². The highest BCUT2D eigenvalue weighted by atomic mass is 16.5. The normalized spacial score (nSPS) is 13.2. The predicted molar refractivity (Wildman–Crippen MR) is 100 cm³/mol. The molecule has 0 fully saturated rings. The quantitative estimate of drug-likeness (QED) is 0.775. The van der Waals surface area contributed by atoms with E-state index in [1.54, 1.807) is 24.3 Å². The number of benzene rings is 2. The molecule has 1 aliphatic rings. The number of methoxy groups -OCH3 is 1. The first kappa shape index (κ1) is 17.6. The first-order chi connectivity index (χ1) is 12.7. The van der Waals surface area contributed by atoms with Crippen molar-refractivity contribution in [1.82, 2.24) is 0 Å². The monoisotopic (exact) mass is 348 g/mol. The Morgan fingerprint density at radius 1 is 1.27 bits per heavy atom. The van der Waals surface area contributed by atoms with E-state index < -0.39 is 0 Å². The Bertz CT molecular complexity index is 868. The van der Waals surface area contributed by atoms with E-state index in [1.165, 1.54) is 12.7 Å². The number of hydrogen-bond donors (Lipinski definition) is 0. The summed E-state index contributed by atoms with van der Waals surface area (Å²) in [4.78, 5) is 14.5. The van der Waals surface area contributed by atoms with Gasteiger partial charge in [0.25, 0.3) is 5.91 Å². The molecule has 0 aromatic heterocycles. The van der Waals surface area contributed by atoms with Crippen molar-refractivity contribution in [3.05, 3.63) is 59.7 Å². The Balaban J connectivity index is 1.76. The minimum Gasteiger partial charge on any atom is -0.493 e. The van der Waals surface area contributed by atoms with Gasteiger partial charge in [0.1, 0.15) is 6.07 Å². The molecule has 0 aliphatic carbocycles. The van der Waals surface area contributed by atoms with Gasteiger partial charge in [-0.15, -0.1) is 0 Å². The minimum atomic E-state index is -0.0433. The van der Waals surface area contributed by atoms with Gasteiger partial charge in [0, 0.05) is 18.3 Å². The van der Waals surface area contributed by atoms with Gasteiger partial charge in [0.05, 0.1) is 7.11 Å². The topological polar surface area (TPSA) is 62.6 Å². The Hall–Kier alpha value is -3.26. The lowest BCUT2D eigenvalue weighted by atomic mass is 10.0. The highest BCUT2D eigenvalue weighted by molar-refractivity contribution is 6.04. The molecule has 1 heterocycles. The molecule has 132 valence electrons. The average molecular weight is 348 g/mol. The lowest BCUT2D eigenvalue weighted by molar-refractivity contribution is -0.114. The second-order valence-corrected chi connectivity index (χ2v) is 5.91. The molecule has 0 radical (unpaired) electrons. The molecule has 0 unspecified atom stereocenters. The van der Waals surface area contributed by atoms with Gasteiger partial charge in [-0.1, -0.05) is 24.3 Å². The maximum Gasteiger partial charge on any atom is 0.250 e. The molecule has 0 N–H and O–H groups in total. The van der Waals surface area contributed by atoms with Crippen LogP contribution in [0.15, 0.2) is 48.5 Å². The number of hydrogen-bond acceptors (Lipinski definition) is 4. The van der Waals surface area contributed by atoms with Crippen LogP contribution in [0.3, 0.4) is 0 Å². The number of anilines is 1. The summed E-state index contributed by atoms with van der Waals surface area (Å²) in [6.07, 6.45) is 5.31. The molecule has 5 heteroatoms. The molecule has 5 nitrogen and oxygen atoms in total. The number of aryl methyl sites for hydroxylation is 1. The van der Waals surface area contributed by atoms with Crippen molar-refractivity contribution in [1.29, 1.82) is 5.26 Å². The number of carbonyl (C=O) groups excluding carboxylic acids is 1. The summed E-state index contributed by atoms with van der Waals surface area (Å²) in [6, 6.07) is 15.3. The van der Waals surface area contributed by atoms with Crippen molar-refractivity contribution in [3.8, 4) is 17.6 Å². The van der Waals surface area contributed by atoms with Crippen LogP contribution in [0.25, 0.3) is 6.08 Å². The van der Waals surface area contributed by atoms with E-state index >= 15 is 0 Å². The Labute approximate surface area is 153 Å². The van der Waals surface area contributed by atoms with Crippen molar-refractivity contribution >= 4 is 17.7 Å². The van der Waals surface area contributed by atoms with Gasteiger partial charge in [-0.05, 0) is 48.2 Å². The highest BCUT2D eigenvalue weighted by Crippen LogP contribution is 2.29. The van der Waals surface area contributed by atoms with E-state index in [0.717, 1.165) is 30.6 Å². The molecule has 0 saturated heterocycles. The van der Waals surface area contributed by atoms with E-state index in [2.05, 4.69) is 6.07 Å². The van der Waals surface area contributed by atoms with Gasteiger partial charge in [-0.2, -0.15) is 5.26 Å². The maximum atomic E-state index is 12.6. The van der Waals surface area contributed by atoms with Crippen molar-refractivity contribution in [3.63, 3.8) is 0 Å². The van der Waals surface area contributed by atoms with Gasteiger partial charge in [0.2, 0.25) is 0 Å². The van der Waals surface area contributed by atoms with Crippen molar-refractivity contribution in [2.75, 3.05) is 25.2 Å². The number of carbonyl (C=O) groups is 1. The van der Waals surface area contributed by atoms with Crippen molar-refractivity contribution < 1.29 is 14.3 Å². The predicted octanol–water partition coefficient (Wildman–Crippen LogP) is 3.59. The Morgan fingerprint density at radius 3 is 2.92 bits per heavy atom. The minimum absolute atomic E-state index is 0.0408. The highest BCUT2D eigenvalue weighted by Gasteiger charge is 2.20.